The van der Waals surface area contributed by atoms with Crippen LogP contribution in [0.25, 0.3) is 0 Å². The summed E-state index contributed by atoms with van der Waals surface area (Å²) in [6.07, 6.45) is 7.71. The van der Waals surface area contributed by atoms with Crippen LogP contribution in [-0.4, -0.2) is 28.2 Å². The summed E-state index contributed by atoms with van der Waals surface area (Å²) in [5.74, 6) is 0.208. The molecule has 0 bridgehead atoms. The zero-order valence-electron chi connectivity index (χ0n) is 9.78. The summed E-state index contributed by atoms with van der Waals surface area (Å²) >= 11 is 0. The van der Waals surface area contributed by atoms with Gasteiger partial charge in [0.15, 0.2) is 5.78 Å². The standard InChI is InChI=1S/C12H19N3O/c1-2-15-9-10(8-14-15)12(16)7-11-5-3-4-6-13-11/h8-9,11,13H,2-7H2,1H3. The molecule has 88 valence electrons. The van der Waals surface area contributed by atoms with Gasteiger partial charge in [0.1, 0.15) is 0 Å². The second kappa shape index (κ2) is 5.25. The molecule has 1 aliphatic rings. The van der Waals surface area contributed by atoms with Gasteiger partial charge in [-0.2, -0.15) is 5.10 Å². The lowest BCUT2D eigenvalue weighted by atomic mass is 9.98. The minimum Gasteiger partial charge on any atom is -0.314 e. The first kappa shape index (κ1) is 11.3. The van der Waals surface area contributed by atoms with Crippen LogP contribution >= 0.6 is 0 Å². The van der Waals surface area contributed by atoms with Crippen LogP contribution < -0.4 is 5.32 Å². The van der Waals surface area contributed by atoms with Crippen molar-refractivity contribution in [3.8, 4) is 0 Å². The maximum absolute atomic E-state index is 11.9. The largest absolute Gasteiger partial charge is 0.314 e. The topological polar surface area (TPSA) is 46.9 Å². The molecule has 16 heavy (non-hydrogen) atoms. The van der Waals surface area contributed by atoms with Crippen molar-refractivity contribution in [1.82, 2.24) is 15.1 Å². The molecule has 2 heterocycles. The Bertz CT molecular complexity index is 353. The van der Waals surface area contributed by atoms with Crippen LogP contribution in [0.3, 0.4) is 0 Å². The van der Waals surface area contributed by atoms with Gasteiger partial charge in [-0.05, 0) is 26.3 Å². The molecule has 1 saturated heterocycles. The molecule has 1 unspecified atom stereocenters. The highest BCUT2D eigenvalue weighted by molar-refractivity contribution is 5.95. The summed E-state index contributed by atoms with van der Waals surface area (Å²) in [4.78, 5) is 11.9. The third-order valence-electron chi connectivity index (χ3n) is 3.12. The number of nitrogens with one attached hydrogen (secondary N) is 1. The normalized spacial score (nSPS) is 20.9. The summed E-state index contributed by atoms with van der Waals surface area (Å²) in [6.45, 7) is 3.88. The minimum atomic E-state index is 0.208. The summed E-state index contributed by atoms with van der Waals surface area (Å²) in [7, 11) is 0. The maximum atomic E-state index is 11.9. The van der Waals surface area contributed by atoms with Gasteiger partial charge in [-0.15, -0.1) is 0 Å². The van der Waals surface area contributed by atoms with Crippen LogP contribution in [0, 0.1) is 0 Å². The Morgan fingerprint density at radius 3 is 3.12 bits per heavy atom. The predicted molar refractivity (Wildman–Crippen MR) is 62.5 cm³/mol. The Hall–Kier alpha value is -1.16. The van der Waals surface area contributed by atoms with Crippen LogP contribution in [-0.2, 0) is 6.54 Å². The molecule has 1 aromatic rings. The second-order valence-electron chi connectivity index (χ2n) is 4.36. The lowest BCUT2D eigenvalue weighted by Crippen LogP contribution is -2.35. The lowest BCUT2D eigenvalue weighted by molar-refractivity contribution is 0.0963. The Kier molecular flexibility index (Phi) is 3.72. The van der Waals surface area contributed by atoms with Crippen molar-refractivity contribution in [2.45, 2.75) is 45.2 Å². The fourth-order valence-electron chi connectivity index (χ4n) is 2.12. The van der Waals surface area contributed by atoms with Gasteiger partial charge < -0.3 is 5.32 Å². The highest BCUT2D eigenvalue weighted by Gasteiger charge is 2.18. The molecule has 1 fully saturated rings. The van der Waals surface area contributed by atoms with E-state index in [1.807, 2.05) is 13.1 Å². The van der Waals surface area contributed by atoms with Crippen molar-refractivity contribution in [3.63, 3.8) is 0 Å². The van der Waals surface area contributed by atoms with Crippen LogP contribution in [0.1, 0.15) is 43.0 Å². The van der Waals surface area contributed by atoms with E-state index in [0.717, 1.165) is 25.1 Å². The Morgan fingerprint density at radius 2 is 2.50 bits per heavy atom. The van der Waals surface area contributed by atoms with Gasteiger partial charge >= 0.3 is 0 Å². The lowest BCUT2D eigenvalue weighted by Gasteiger charge is -2.22. The third-order valence-corrected chi connectivity index (χ3v) is 3.12. The second-order valence-corrected chi connectivity index (χ2v) is 4.36. The molecule has 0 saturated carbocycles. The van der Waals surface area contributed by atoms with Gasteiger partial charge in [0.2, 0.25) is 0 Å². The van der Waals surface area contributed by atoms with Gasteiger partial charge in [-0.25, -0.2) is 0 Å². The van der Waals surface area contributed by atoms with Crippen LogP contribution in [0.15, 0.2) is 12.4 Å². The molecule has 1 aliphatic heterocycles. The fraction of sp³-hybridized carbons (Fsp3) is 0.667. The minimum absolute atomic E-state index is 0.208. The third kappa shape index (κ3) is 2.70. The van der Waals surface area contributed by atoms with E-state index < -0.39 is 0 Å². The number of nitrogens with zero attached hydrogens (tertiary/aromatic N) is 2. The molecule has 0 spiro atoms. The molecule has 4 heteroatoms. The van der Waals surface area contributed by atoms with Crippen LogP contribution in [0.5, 0.6) is 0 Å². The van der Waals surface area contributed by atoms with E-state index in [-0.39, 0.29) is 5.78 Å². The summed E-state index contributed by atoms with van der Waals surface area (Å²) < 4.78 is 1.79. The Morgan fingerprint density at radius 1 is 1.62 bits per heavy atom. The molecule has 2 rings (SSSR count). The SMILES string of the molecule is CCn1cc(C(=O)CC2CCCCN2)cn1. The van der Waals surface area contributed by atoms with Gasteiger partial charge in [0.25, 0.3) is 0 Å². The Balaban J connectivity index is 1.91. The predicted octanol–water partition coefficient (Wildman–Crippen LogP) is 1.62. The van der Waals surface area contributed by atoms with E-state index in [9.17, 15) is 4.79 Å². The number of carbonyl (C=O) groups excluding carboxylic acids is 1. The van der Waals surface area contributed by atoms with Gasteiger partial charge in [0.05, 0.1) is 11.8 Å². The number of carbonyl (C=O) groups is 1. The van der Waals surface area contributed by atoms with Crippen molar-refractivity contribution in [1.29, 1.82) is 0 Å². The number of piperidine rings is 1. The number of aryl methyl sites for hydroxylation is 1. The summed E-state index contributed by atoms with van der Waals surface area (Å²) in [5.41, 5.74) is 0.745. The average molecular weight is 221 g/mol. The number of aromatic nitrogens is 2. The molecule has 0 amide bonds. The summed E-state index contributed by atoms with van der Waals surface area (Å²) in [6, 6.07) is 0.367. The molecule has 1 atom stereocenters. The smallest absolute Gasteiger partial charge is 0.167 e. The van der Waals surface area contributed by atoms with Crippen molar-refractivity contribution >= 4 is 5.78 Å². The molecule has 1 aromatic heterocycles. The van der Waals surface area contributed by atoms with Crippen LogP contribution in [0.4, 0.5) is 0 Å². The highest BCUT2D eigenvalue weighted by atomic mass is 16.1. The first-order valence-corrected chi connectivity index (χ1v) is 6.08. The van der Waals surface area contributed by atoms with Gasteiger partial charge in [0, 0.05) is 25.2 Å². The van der Waals surface area contributed by atoms with Crippen LogP contribution in [0.2, 0.25) is 0 Å². The number of Topliss-reactive ketones (excluding diaryl/α,β-unsaturated/α-hetero) is 1. The first-order chi connectivity index (χ1) is 7.79. The Labute approximate surface area is 96.0 Å². The molecular formula is C12H19N3O. The molecular weight excluding hydrogens is 202 g/mol. The number of hydrogen-bond donors (Lipinski definition) is 1. The van der Waals surface area contributed by atoms with E-state index >= 15 is 0 Å². The maximum Gasteiger partial charge on any atom is 0.167 e. The molecule has 0 aromatic carbocycles. The van der Waals surface area contributed by atoms with E-state index in [1.165, 1.54) is 12.8 Å². The molecule has 0 aliphatic carbocycles. The van der Waals surface area contributed by atoms with Crippen molar-refractivity contribution in [3.05, 3.63) is 18.0 Å². The molecule has 1 N–H and O–H groups in total. The summed E-state index contributed by atoms with van der Waals surface area (Å²) in [5, 5.41) is 7.52. The van der Waals surface area contributed by atoms with Gasteiger partial charge in [-0.1, -0.05) is 6.42 Å². The van der Waals surface area contributed by atoms with E-state index in [4.69, 9.17) is 0 Å². The van der Waals surface area contributed by atoms with E-state index in [0.29, 0.717) is 12.5 Å². The van der Waals surface area contributed by atoms with Crippen molar-refractivity contribution in [2.24, 2.45) is 0 Å². The first-order valence-electron chi connectivity index (χ1n) is 6.08. The number of rotatable bonds is 4. The van der Waals surface area contributed by atoms with E-state index in [2.05, 4.69) is 10.4 Å². The average Bonchev–Trinajstić information content (AvgIpc) is 2.79. The highest BCUT2D eigenvalue weighted by Crippen LogP contribution is 2.13. The molecule has 4 nitrogen and oxygen atoms in total. The molecule has 0 radical (unpaired) electrons. The quantitative estimate of drug-likeness (QED) is 0.786. The monoisotopic (exact) mass is 221 g/mol. The number of hydrogen-bond acceptors (Lipinski definition) is 3. The van der Waals surface area contributed by atoms with Crippen molar-refractivity contribution < 1.29 is 4.79 Å². The number of ketones is 1. The fourth-order valence-corrected chi connectivity index (χ4v) is 2.12. The van der Waals surface area contributed by atoms with E-state index in [1.54, 1.807) is 10.9 Å². The van der Waals surface area contributed by atoms with Crippen molar-refractivity contribution in [2.75, 3.05) is 6.54 Å². The zero-order valence-corrected chi connectivity index (χ0v) is 9.78. The zero-order chi connectivity index (χ0) is 11.4. The van der Waals surface area contributed by atoms with Gasteiger partial charge in [-0.3, -0.25) is 9.48 Å².